The molecule has 138 valence electrons. The van der Waals surface area contributed by atoms with E-state index in [2.05, 4.69) is 42.5 Å². The van der Waals surface area contributed by atoms with Gasteiger partial charge in [0.1, 0.15) is 5.78 Å². The Morgan fingerprint density at radius 1 is 0.926 bits per heavy atom. The van der Waals surface area contributed by atoms with Gasteiger partial charge in [0.2, 0.25) is 0 Å². The number of hydrogen-bond acceptors (Lipinski definition) is 1. The Morgan fingerprint density at radius 2 is 1.81 bits per heavy atom. The molecule has 0 aliphatic heterocycles. The van der Waals surface area contributed by atoms with E-state index in [1.807, 2.05) is 0 Å². The fourth-order valence-corrected chi connectivity index (χ4v) is 6.85. The summed E-state index contributed by atoms with van der Waals surface area (Å²) in [6, 6.07) is 12.0. The van der Waals surface area contributed by atoms with Crippen molar-refractivity contribution >= 4 is 16.6 Å². The van der Waals surface area contributed by atoms with Crippen molar-refractivity contribution < 1.29 is 4.79 Å². The van der Waals surface area contributed by atoms with Crippen molar-refractivity contribution in [3.05, 3.63) is 59.2 Å². The molecule has 2 fully saturated rings. The van der Waals surface area contributed by atoms with Gasteiger partial charge in [-0.1, -0.05) is 61.7 Å². The molecule has 1 spiro atoms. The second kappa shape index (κ2) is 5.80. The lowest BCUT2D eigenvalue weighted by molar-refractivity contribution is -0.120. The van der Waals surface area contributed by atoms with Crippen LogP contribution in [0.3, 0.4) is 0 Å². The molecular weight excluding hydrogens is 328 g/mol. The number of allylic oxidation sites excluding steroid dienone is 2. The predicted molar refractivity (Wildman–Crippen MR) is 110 cm³/mol. The largest absolute Gasteiger partial charge is 0.299 e. The zero-order chi connectivity index (χ0) is 18.0. The summed E-state index contributed by atoms with van der Waals surface area (Å²) in [4.78, 5) is 12.6. The second-order valence-corrected chi connectivity index (χ2v) is 9.69. The van der Waals surface area contributed by atoms with Crippen molar-refractivity contribution in [3.8, 4) is 0 Å². The maximum absolute atomic E-state index is 12.6. The molecule has 3 atom stereocenters. The molecule has 0 radical (unpaired) electrons. The third-order valence-corrected chi connectivity index (χ3v) is 8.11. The molecule has 27 heavy (non-hydrogen) atoms. The first-order valence-electron chi connectivity index (χ1n) is 11.0. The molecule has 6 rings (SSSR count). The van der Waals surface area contributed by atoms with E-state index in [0.717, 1.165) is 12.3 Å². The molecule has 0 aromatic heterocycles. The van der Waals surface area contributed by atoms with Gasteiger partial charge >= 0.3 is 0 Å². The Bertz CT molecular complexity index is 962. The molecule has 0 saturated heterocycles. The van der Waals surface area contributed by atoms with Crippen molar-refractivity contribution in [2.45, 2.75) is 69.1 Å². The van der Waals surface area contributed by atoms with Crippen molar-refractivity contribution in [1.29, 1.82) is 0 Å². The van der Waals surface area contributed by atoms with Crippen molar-refractivity contribution in [3.63, 3.8) is 0 Å². The number of benzene rings is 2. The van der Waals surface area contributed by atoms with E-state index < -0.39 is 0 Å². The molecule has 4 aliphatic rings. The number of Topliss-reactive ketones (excluding diaryl/α,β-unsaturated/α-hetero) is 1. The maximum atomic E-state index is 12.6. The summed E-state index contributed by atoms with van der Waals surface area (Å²) < 4.78 is 0. The van der Waals surface area contributed by atoms with Gasteiger partial charge in [0.25, 0.3) is 0 Å². The van der Waals surface area contributed by atoms with E-state index in [0.29, 0.717) is 24.0 Å². The average Bonchev–Trinajstić information content (AvgIpc) is 3.28. The fraction of sp³-hybridized carbons (Fsp3) is 0.500. The third kappa shape index (κ3) is 2.40. The number of ketones is 1. The van der Waals surface area contributed by atoms with Crippen LogP contribution in [0.15, 0.2) is 42.5 Å². The van der Waals surface area contributed by atoms with E-state index in [1.54, 1.807) is 0 Å². The molecule has 2 bridgehead atoms. The lowest BCUT2D eigenvalue weighted by atomic mass is 9.62. The minimum Gasteiger partial charge on any atom is -0.299 e. The summed E-state index contributed by atoms with van der Waals surface area (Å²) >= 11 is 0. The van der Waals surface area contributed by atoms with Gasteiger partial charge in [-0.2, -0.15) is 0 Å². The van der Waals surface area contributed by atoms with Gasteiger partial charge in [-0.05, 0) is 70.9 Å². The van der Waals surface area contributed by atoms with E-state index in [-0.39, 0.29) is 5.41 Å². The quantitative estimate of drug-likeness (QED) is 0.553. The number of rotatable bonds is 1. The fourth-order valence-electron chi connectivity index (χ4n) is 6.85. The summed E-state index contributed by atoms with van der Waals surface area (Å²) in [7, 11) is 0. The molecule has 2 aromatic carbocycles. The first-order chi connectivity index (χ1) is 13.2. The van der Waals surface area contributed by atoms with Crippen LogP contribution in [0.5, 0.6) is 0 Å². The lowest BCUT2D eigenvalue weighted by Gasteiger charge is -2.40. The van der Waals surface area contributed by atoms with E-state index >= 15 is 0 Å². The highest BCUT2D eigenvalue weighted by atomic mass is 16.1. The zero-order valence-corrected chi connectivity index (χ0v) is 16.0. The molecule has 3 unspecified atom stereocenters. The minimum absolute atomic E-state index is 0.0963. The molecule has 1 heteroatoms. The van der Waals surface area contributed by atoms with Gasteiger partial charge in [0, 0.05) is 18.3 Å². The van der Waals surface area contributed by atoms with Gasteiger partial charge < -0.3 is 0 Å². The molecule has 1 nitrogen and oxygen atoms in total. The van der Waals surface area contributed by atoms with Crippen LogP contribution >= 0.6 is 0 Å². The Hall–Kier alpha value is -1.89. The first kappa shape index (κ1) is 16.1. The third-order valence-electron chi connectivity index (χ3n) is 8.11. The second-order valence-electron chi connectivity index (χ2n) is 9.69. The highest BCUT2D eigenvalue weighted by Crippen LogP contribution is 2.58. The van der Waals surface area contributed by atoms with Crippen LogP contribution < -0.4 is 0 Å². The maximum Gasteiger partial charge on any atom is 0.138 e. The molecule has 2 saturated carbocycles. The van der Waals surface area contributed by atoms with E-state index in [9.17, 15) is 4.79 Å². The van der Waals surface area contributed by atoms with Crippen LogP contribution in [-0.4, -0.2) is 5.78 Å². The number of carbonyl (C=O) groups is 1. The van der Waals surface area contributed by atoms with Crippen LogP contribution in [0.4, 0.5) is 0 Å². The van der Waals surface area contributed by atoms with Crippen molar-refractivity contribution in [2.24, 2.45) is 11.8 Å². The van der Waals surface area contributed by atoms with Crippen LogP contribution in [0.2, 0.25) is 0 Å². The van der Waals surface area contributed by atoms with Gasteiger partial charge in [-0.3, -0.25) is 4.79 Å². The SMILES string of the molecule is O=C1Cc2cc3ccc(C4CCCCC4)cc3cc2C2(C1)CC1C=CC2C1. The Morgan fingerprint density at radius 3 is 2.59 bits per heavy atom. The normalized spacial score (nSPS) is 32.5. The zero-order valence-electron chi connectivity index (χ0n) is 16.0. The molecular formula is C26H28O. The van der Waals surface area contributed by atoms with Crippen molar-refractivity contribution in [1.82, 2.24) is 0 Å². The molecule has 2 aromatic rings. The highest BCUT2D eigenvalue weighted by molar-refractivity contribution is 5.91. The highest BCUT2D eigenvalue weighted by Gasteiger charge is 2.52. The van der Waals surface area contributed by atoms with Gasteiger partial charge in [0.05, 0.1) is 0 Å². The van der Waals surface area contributed by atoms with E-state index in [4.69, 9.17) is 0 Å². The Labute approximate surface area is 161 Å². The molecule has 0 amide bonds. The summed E-state index contributed by atoms with van der Waals surface area (Å²) in [5.41, 5.74) is 4.45. The van der Waals surface area contributed by atoms with E-state index in [1.165, 1.54) is 72.4 Å². The Kier molecular flexibility index (Phi) is 3.46. The average molecular weight is 357 g/mol. The van der Waals surface area contributed by atoms with Gasteiger partial charge in [-0.15, -0.1) is 0 Å². The molecule has 0 N–H and O–H groups in total. The predicted octanol–water partition coefficient (Wildman–Crippen LogP) is 6.24. The lowest BCUT2D eigenvalue weighted by Crippen LogP contribution is -2.38. The van der Waals surface area contributed by atoms with Crippen LogP contribution in [-0.2, 0) is 16.6 Å². The van der Waals surface area contributed by atoms with Crippen LogP contribution in [0.1, 0.15) is 74.0 Å². The number of carbonyl (C=O) groups excluding carboxylic acids is 1. The van der Waals surface area contributed by atoms with Gasteiger partial charge in [0.15, 0.2) is 0 Å². The first-order valence-corrected chi connectivity index (χ1v) is 11.0. The topological polar surface area (TPSA) is 17.1 Å². The standard InChI is InChI=1S/C26H28O/c27-24-13-22-12-20-8-7-19(18-4-2-1-3-5-18)11-21(20)14-25(22)26(16-24)15-17-6-9-23(26)10-17/h6-9,11-12,14,17-18,23H,1-5,10,13,15-16H2. The molecule has 0 heterocycles. The Balaban J connectivity index is 1.49. The van der Waals surface area contributed by atoms with Gasteiger partial charge in [-0.25, -0.2) is 0 Å². The smallest absolute Gasteiger partial charge is 0.138 e. The molecule has 4 aliphatic carbocycles. The van der Waals surface area contributed by atoms with Crippen LogP contribution in [0.25, 0.3) is 10.8 Å². The van der Waals surface area contributed by atoms with Crippen molar-refractivity contribution in [2.75, 3.05) is 0 Å². The summed E-state index contributed by atoms with van der Waals surface area (Å²) in [5.74, 6) is 2.46. The monoisotopic (exact) mass is 356 g/mol. The number of fused-ring (bicyclic) bond motifs is 6. The summed E-state index contributed by atoms with van der Waals surface area (Å²) in [5, 5.41) is 2.72. The minimum atomic E-state index is 0.0963. The van der Waals surface area contributed by atoms with Crippen LogP contribution in [0, 0.1) is 11.8 Å². The summed E-state index contributed by atoms with van der Waals surface area (Å²) in [6.45, 7) is 0. The number of hydrogen-bond donors (Lipinski definition) is 0. The summed E-state index contributed by atoms with van der Waals surface area (Å²) in [6.07, 6.45) is 15.5.